The Morgan fingerprint density at radius 3 is 2.65 bits per heavy atom. The molecule has 0 spiro atoms. The third-order valence-electron chi connectivity index (χ3n) is 4.95. The lowest BCUT2D eigenvalue weighted by atomic mass is 9.94. The van der Waals surface area contributed by atoms with Crippen molar-refractivity contribution in [3.05, 3.63) is 29.3 Å². The van der Waals surface area contributed by atoms with Gasteiger partial charge in [0.05, 0.1) is 31.4 Å². The molecule has 2 aromatic heterocycles. The van der Waals surface area contributed by atoms with E-state index in [1.165, 1.54) is 11.1 Å². The average Bonchev–Trinajstić information content (AvgIpc) is 2.97. The molecular formula is C17H17F3N4O2. The molecule has 2 aliphatic heterocycles. The van der Waals surface area contributed by atoms with Gasteiger partial charge in [-0.15, -0.1) is 0 Å². The highest BCUT2D eigenvalue weighted by Gasteiger charge is 2.50. The van der Waals surface area contributed by atoms with Gasteiger partial charge >= 0.3 is 0 Å². The van der Waals surface area contributed by atoms with Crippen molar-refractivity contribution in [1.29, 1.82) is 0 Å². The van der Waals surface area contributed by atoms with Gasteiger partial charge in [0.2, 0.25) is 5.91 Å². The largest absolute Gasteiger partial charge is 0.345 e. The van der Waals surface area contributed by atoms with Crippen LogP contribution >= 0.6 is 0 Å². The van der Waals surface area contributed by atoms with Crippen LogP contribution in [0.5, 0.6) is 0 Å². The quantitative estimate of drug-likeness (QED) is 0.905. The SMILES string of the molecule is CC(C)[C@H](C(=O)N1CC(F)(F)C1)N1Cc2c(F)cnc3[nH]cc(c23)C1=O. The van der Waals surface area contributed by atoms with E-state index in [1.807, 2.05) is 0 Å². The fraction of sp³-hybridized carbons (Fsp3) is 0.471. The minimum atomic E-state index is -2.89. The molecule has 0 aliphatic carbocycles. The van der Waals surface area contributed by atoms with E-state index in [2.05, 4.69) is 9.97 Å². The number of pyridine rings is 1. The Kier molecular flexibility index (Phi) is 3.54. The summed E-state index contributed by atoms with van der Waals surface area (Å²) in [5, 5.41) is 0.414. The third kappa shape index (κ3) is 2.37. The molecular weight excluding hydrogens is 349 g/mol. The minimum Gasteiger partial charge on any atom is -0.345 e. The van der Waals surface area contributed by atoms with E-state index >= 15 is 0 Å². The van der Waals surface area contributed by atoms with Gasteiger partial charge in [0.25, 0.3) is 11.8 Å². The molecule has 0 aromatic carbocycles. The molecule has 138 valence electrons. The highest BCUT2D eigenvalue weighted by Crippen LogP contribution is 2.34. The van der Waals surface area contributed by atoms with Crippen LogP contribution in [0.25, 0.3) is 11.0 Å². The van der Waals surface area contributed by atoms with Crippen LogP contribution in [0.15, 0.2) is 12.4 Å². The Bertz CT molecular complexity index is 916. The van der Waals surface area contributed by atoms with Crippen molar-refractivity contribution >= 4 is 22.8 Å². The normalized spacial score (nSPS) is 19.8. The summed E-state index contributed by atoms with van der Waals surface area (Å²) in [6.07, 6.45) is 2.50. The fourth-order valence-corrected chi connectivity index (χ4v) is 3.72. The summed E-state index contributed by atoms with van der Waals surface area (Å²) in [6.45, 7) is 2.06. The number of carbonyl (C=O) groups excluding carboxylic acids is 2. The number of aromatic nitrogens is 2. The van der Waals surface area contributed by atoms with Gasteiger partial charge in [-0.1, -0.05) is 13.8 Å². The van der Waals surface area contributed by atoms with Crippen LogP contribution in [0.4, 0.5) is 13.2 Å². The van der Waals surface area contributed by atoms with E-state index in [-0.39, 0.29) is 23.6 Å². The van der Waals surface area contributed by atoms with Gasteiger partial charge in [0, 0.05) is 17.1 Å². The first-order valence-electron chi connectivity index (χ1n) is 8.31. The second-order valence-corrected chi connectivity index (χ2v) is 7.18. The number of nitrogens with zero attached hydrogens (tertiary/aromatic N) is 3. The second-order valence-electron chi connectivity index (χ2n) is 7.18. The molecule has 4 heterocycles. The third-order valence-corrected chi connectivity index (χ3v) is 4.95. The molecule has 6 nitrogen and oxygen atoms in total. The Morgan fingerprint density at radius 2 is 2.04 bits per heavy atom. The lowest BCUT2D eigenvalue weighted by Gasteiger charge is -2.44. The number of rotatable bonds is 3. The molecule has 0 radical (unpaired) electrons. The maximum Gasteiger partial charge on any atom is 0.282 e. The number of H-pyrrole nitrogens is 1. The first kappa shape index (κ1) is 16.9. The minimum absolute atomic E-state index is 0.104. The summed E-state index contributed by atoms with van der Waals surface area (Å²) >= 11 is 0. The van der Waals surface area contributed by atoms with Crippen LogP contribution < -0.4 is 0 Å². The molecule has 9 heteroatoms. The summed E-state index contributed by atoms with van der Waals surface area (Å²) in [5.41, 5.74) is 0.915. The lowest BCUT2D eigenvalue weighted by molar-refractivity contribution is -0.171. The van der Waals surface area contributed by atoms with Gasteiger partial charge < -0.3 is 14.8 Å². The zero-order chi connectivity index (χ0) is 18.8. The zero-order valence-electron chi connectivity index (χ0n) is 14.2. The number of alkyl halides is 2. The molecule has 26 heavy (non-hydrogen) atoms. The van der Waals surface area contributed by atoms with Crippen molar-refractivity contribution in [1.82, 2.24) is 19.8 Å². The van der Waals surface area contributed by atoms with E-state index < -0.39 is 42.7 Å². The Hall–Kier alpha value is -2.58. The average molecular weight is 366 g/mol. The monoisotopic (exact) mass is 366 g/mol. The molecule has 0 unspecified atom stereocenters. The van der Waals surface area contributed by atoms with Gasteiger partial charge in [-0.25, -0.2) is 18.2 Å². The number of likely N-dealkylation sites (tertiary alicyclic amines) is 1. The van der Waals surface area contributed by atoms with Crippen molar-refractivity contribution in [2.75, 3.05) is 13.1 Å². The zero-order valence-corrected chi connectivity index (χ0v) is 14.2. The number of nitrogens with one attached hydrogen (secondary N) is 1. The standard InChI is InChI=1S/C17H17F3N4O2/c1-8(2)13(16(26)23-6-17(19,20)7-23)24-5-10-11(18)4-22-14-12(10)9(3-21-14)15(24)25/h3-4,8,13H,5-7H2,1-2H3,(H,21,22)/t13-/m1/s1. The van der Waals surface area contributed by atoms with Crippen molar-refractivity contribution < 1.29 is 22.8 Å². The van der Waals surface area contributed by atoms with E-state index in [0.29, 0.717) is 11.0 Å². The Labute approximate surface area is 147 Å². The Balaban J connectivity index is 1.71. The number of hydrogen-bond donors (Lipinski definition) is 1. The highest BCUT2D eigenvalue weighted by molar-refractivity contribution is 6.10. The summed E-state index contributed by atoms with van der Waals surface area (Å²) < 4.78 is 40.6. The van der Waals surface area contributed by atoms with Gasteiger partial charge in [0.15, 0.2) is 0 Å². The first-order valence-corrected chi connectivity index (χ1v) is 8.31. The van der Waals surface area contributed by atoms with Gasteiger partial charge in [-0.2, -0.15) is 0 Å². The molecule has 1 fully saturated rings. The topological polar surface area (TPSA) is 69.3 Å². The van der Waals surface area contributed by atoms with Crippen molar-refractivity contribution in [3.8, 4) is 0 Å². The van der Waals surface area contributed by atoms with Gasteiger partial charge in [-0.05, 0) is 5.92 Å². The van der Waals surface area contributed by atoms with Crippen LogP contribution in [0.3, 0.4) is 0 Å². The molecule has 1 saturated heterocycles. The number of amides is 2. The molecule has 0 saturated carbocycles. The predicted molar refractivity (Wildman–Crippen MR) is 86.1 cm³/mol. The lowest BCUT2D eigenvalue weighted by Crippen LogP contribution is -2.64. The van der Waals surface area contributed by atoms with E-state index in [1.54, 1.807) is 13.8 Å². The van der Waals surface area contributed by atoms with Crippen molar-refractivity contribution in [2.45, 2.75) is 32.4 Å². The van der Waals surface area contributed by atoms with Gasteiger partial charge in [0.1, 0.15) is 17.5 Å². The number of aromatic amines is 1. The van der Waals surface area contributed by atoms with Crippen molar-refractivity contribution in [3.63, 3.8) is 0 Å². The second kappa shape index (κ2) is 5.46. The smallest absolute Gasteiger partial charge is 0.282 e. The predicted octanol–water partition coefficient (Wildman–Crippen LogP) is 2.16. The summed E-state index contributed by atoms with van der Waals surface area (Å²) in [7, 11) is 0. The molecule has 2 amide bonds. The van der Waals surface area contributed by atoms with E-state index in [9.17, 15) is 22.8 Å². The molecule has 2 aliphatic rings. The number of halogens is 3. The molecule has 1 N–H and O–H groups in total. The van der Waals surface area contributed by atoms with Crippen LogP contribution in [-0.2, 0) is 11.3 Å². The molecule has 4 rings (SSSR count). The van der Waals surface area contributed by atoms with Crippen molar-refractivity contribution in [2.24, 2.45) is 5.92 Å². The Morgan fingerprint density at radius 1 is 1.35 bits per heavy atom. The number of hydrogen-bond acceptors (Lipinski definition) is 3. The van der Waals surface area contributed by atoms with Crippen LogP contribution in [0.2, 0.25) is 0 Å². The molecule has 0 bridgehead atoms. The summed E-state index contributed by atoms with van der Waals surface area (Å²) in [4.78, 5) is 34.8. The highest BCUT2D eigenvalue weighted by atomic mass is 19.3. The summed E-state index contributed by atoms with van der Waals surface area (Å²) in [5.74, 6) is -4.75. The maximum absolute atomic E-state index is 14.3. The maximum atomic E-state index is 14.3. The van der Waals surface area contributed by atoms with Gasteiger partial charge in [-0.3, -0.25) is 9.59 Å². The van der Waals surface area contributed by atoms with E-state index in [0.717, 1.165) is 11.1 Å². The van der Waals surface area contributed by atoms with Crippen LogP contribution in [0.1, 0.15) is 29.8 Å². The fourth-order valence-electron chi connectivity index (χ4n) is 3.72. The van der Waals surface area contributed by atoms with Crippen LogP contribution in [0, 0.1) is 11.7 Å². The number of carbonyl (C=O) groups is 2. The molecule has 1 atom stereocenters. The summed E-state index contributed by atoms with van der Waals surface area (Å²) in [6, 6.07) is -0.940. The first-order chi connectivity index (χ1) is 12.2. The van der Waals surface area contributed by atoms with Crippen LogP contribution in [-0.4, -0.2) is 56.6 Å². The molecule has 2 aromatic rings. The van der Waals surface area contributed by atoms with E-state index in [4.69, 9.17) is 0 Å².